The summed E-state index contributed by atoms with van der Waals surface area (Å²) in [6.45, 7) is 1.28. The van der Waals surface area contributed by atoms with Gasteiger partial charge in [-0.2, -0.15) is 0 Å². The topological polar surface area (TPSA) is 52.3 Å². The molecule has 70 valence electrons. The molecule has 13 heavy (non-hydrogen) atoms. The lowest BCUT2D eigenvalue weighted by Crippen LogP contribution is -2.02. The highest BCUT2D eigenvalue weighted by Crippen LogP contribution is 2.32. The van der Waals surface area contributed by atoms with E-state index in [0.29, 0.717) is 10.7 Å². The number of nitrogens with two attached hydrogens (primary N) is 1. The Bertz CT molecular complexity index is 352. The van der Waals surface area contributed by atoms with Crippen LogP contribution >= 0.6 is 23.2 Å². The minimum Gasteiger partial charge on any atom is -0.425 e. The van der Waals surface area contributed by atoms with E-state index in [2.05, 4.69) is 0 Å². The number of hydrogen-bond acceptors (Lipinski definition) is 3. The molecule has 0 amide bonds. The Morgan fingerprint density at radius 2 is 2.00 bits per heavy atom. The van der Waals surface area contributed by atoms with Gasteiger partial charge < -0.3 is 10.5 Å². The summed E-state index contributed by atoms with van der Waals surface area (Å²) in [5, 5.41) is 0.593. The molecular formula is C8H7Cl2NO2. The molecule has 0 heterocycles. The summed E-state index contributed by atoms with van der Waals surface area (Å²) in [4.78, 5) is 10.6. The van der Waals surface area contributed by atoms with E-state index in [-0.39, 0.29) is 10.8 Å². The van der Waals surface area contributed by atoms with Gasteiger partial charge in [0.25, 0.3) is 0 Å². The third-order valence-electron chi connectivity index (χ3n) is 1.30. The van der Waals surface area contributed by atoms with Crippen molar-refractivity contribution in [1.82, 2.24) is 0 Å². The van der Waals surface area contributed by atoms with Crippen molar-refractivity contribution in [3.63, 3.8) is 0 Å². The molecule has 1 rings (SSSR count). The molecule has 0 saturated heterocycles. The number of nitrogen functional groups attached to an aromatic ring is 1. The summed E-state index contributed by atoms with van der Waals surface area (Å²) in [6, 6.07) is 2.84. The number of rotatable bonds is 1. The van der Waals surface area contributed by atoms with Crippen LogP contribution in [-0.4, -0.2) is 5.97 Å². The van der Waals surface area contributed by atoms with Crippen molar-refractivity contribution in [3.8, 4) is 5.75 Å². The van der Waals surface area contributed by atoms with Crippen LogP contribution in [0.15, 0.2) is 12.1 Å². The van der Waals surface area contributed by atoms with Gasteiger partial charge in [0.2, 0.25) is 0 Å². The maximum absolute atomic E-state index is 10.6. The standard InChI is InChI=1S/C8H7Cl2NO2/c1-4(12)13-8-3-7(11)5(9)2-6(8)10/h2-3H,11H2,1H3. The van der Waals surface area contributed by atoms with Crippen LogP contribution in [0.25, 0.3) is 0 Å². The first-order valence-electron chi connectivity index (χ1n) is 3.43. The second kappa shape index (κ2) is 3.85. The van der Waals surface area contributed by atoms with E-state index in [1.807, 2.05) is 0 Å². The molecule has 0 aromatic heterocycles. The Hall–Kier alpha value is -0.930. The van der Waals surface area contributed by atoms with Gasteiger partial charge in [0, 0.05) is 13.0 Å². The van der Waals surface area contributed by atoms with Crippen molar-refractivity contribution in [2.24, 2.45) is 0 Å². The van der Waals surface area contributed by atoms with E-state index >= 15 is 0 Å². The van der Waals surface area contributed by atoms with E-state index in [1.54, 1.807) is 0 Å². The molecule has 1 aromatic rings. The average Bonchev–Trinajstić information content (AvgIpc) is 1.99. The van der Waals surface area contributed by atoms with E-state index in [0.717, 1.165) is 0 Å². The van der Waals surface area contributed by atoms with Gasteiger partial charge in [-0.05, 0) is 6.07 Å². The Morgan fingerprint density at radius 3 is 2.54 bits per heavy atom. The minimum absolute atomic E-state index is 0.219. The lowest BCUT2D eigenvalue weighted by Gasteiger charge is -2.05. The van der Waals surface area contributed by atoms with E-state index in [4.69, 9.17) is 33.7 Å². The molecule has 1 aromatic carbocycles. The van der Waals surface area contributed by atoms with Gasteiger partial charge >= 0.3 is 5.97 Å². The van der Waals surface area contributed by atoms with Gasteiger partial charge in [-0.25, -0.2) is 0 Å². The predicted molar refractivity (Wildman–Crippen MR) is 52.2 cm³/mol. The molecule has 0 aliphatic heterocycles. The van der Waals surface area contributed by atoms with E-state index in [9.17, 15) is 4.79 Å². The molecule has 0 saturated carbocycles. The Kier molecular flexibility index (Phi) is 3.01. The number of benzene rings is 1. The third-order valence-corrected chi connectivity index (χ3v) is 1.93. The molecule has 3 nitrogen and oxygen atoms in total. The van der Waals surface area contributed by atoms with Gasteiger partial charge in [-0.1, -0.05) is 23.2 Å². The maximum atomic E-state index is 10.6. The third kappa shape index (κ3) is 2.50. The molecule has 5 heteroatoms. The fraction of sp³-hybridized carbons (Fsp3) is 0.125. The fourth-order valence-electron chi connectivity index (χ4n) is 0.778. The molecule has 0 fully saturated rings. The lowest BCUT2D eigenvalue weighted by atomic mass is 10.3. The number of ether oxygens (including phenoxy) is 1. The minimum atomic E-state index is -0.455. The molecule has 2 N–H and O–H groups in total. The van der Waals surface area contributed by atoms with Crippen LogP contribution in [-0.2, 0) is 4.79 Å². The van der Waals surface area contributed by atoms with Gasteiger partial charge in [-0.3, -0.25) is 4.79 Å². The molecule has 0 aliphatic carbocycles. The second-order valence-electron chi connectivity index (χ2n) is 2.40. The van der Waals surface area contributed by atoms with Crippen molar-refractivity contribution in [2.45, 2.75) is 6.92 Å². The number of esters is 1. The zero-order valence-corrected chi connectivity index (χ0v) is 8.32. The van der Waals surface area contributed by atoms with Gasteiger partial charge in [-0.15, -0.1) is 0 Å². The number of hydrogen-bond donors (Lipinski definition) is 1. The number of anilines is 1. The smallest absolute Gasteiger partial charge is 0.308 e. The molecule has 0 radical (unpaired) electrons. The lowest BCUT2D eigenvalue weighted by molar-refractivity contribution is -0.131. The predicted octanol–water partition coefficient (Wildman–Crippen LogP) is 2.50. The summed E-state index contributed by atoms with van der Waals surface area (Å²) < 4.78 is 4.77. The summed E-state index contributed by atoms with van der Waals surface area (Å²) in [5.74, 6) is -0.236. The van der Waals surface area contributed by atoms with E-state index in [1.165, 1.54) is 19.1 Å². The molecular weight excluding hydrogens is 213 g/mol. The number of carbonyl (C=O) groups excluding carboxylic acids is 1. The highest BCUT2D eigenvalue weighted by Gasteiger charge is 2.07. The van der Waals surface area contributed by atoms with Crippen molar-refractivity contribution in [1.29, 1.82) is 0 Å². The highest BCUT2D eigenvalue weighted by atomic mass is 35.5. The molecule has 0 bridgehead atoms. The Morgan fingerprint density at radius 1 is 1.38 bits per heavy atom. The first-order chi connectivity index (χ1) is 6.00. The Balaban J connectivity index is 3.08. The normalized spacial score (nSPS) is 9.77. The Labute approximate surface area is 85.4 Å². The average molecular weight is 220 g/mol. The molecule has 0 atom stereocenters. The summed E-state index contributed by atoms with van der Waals surface area (Å²) >= 11 is 11.4. The largest absolute Gasteiger partial charge is 0.425 e. The SMILES string of the molecule is CC(=O)Oc1cc(N)c(Cl)cc1Cl. The fourth-order valence-corrected chi connectivity index (χ4v) is 1.20. The van der Waals surface area contributed by atoms with Crippen LogP contribution in [0.4, 0.5) is 5.69 Å². The molecule has 0 unspecified atom stereocenters. The number of carbonyl (C=O) groups is 1. The van der Waals surface area contributed by atoms with Crippen LogP contribution in [0, 0.1) is 0 Å². The van der Waals surface area contributed by atoms with E-state index < -0.39 is 5.97 Å². The number of halogens is 2. The summed E-state index contributed by atoms with van der Waals surface area (Å²) in [5.41, 5.74) is 5.80. The van der Waals surface area contributed by atoms with Gasteiger partial charge in [0.15, 0.2) is 5.75 Å². The maximum Gasteiger partial charge on any atom is 0.308 e. The van der Waals surface area contributed by atoms with Crippen LogP contribution in [0.2, 0.25) is 10.0 Å². The first-order valence-corrected chi connectivity index (χ1v) is 4.19. The second-order valence-corrected chi connectivity index (χ2v) is 3.21. The first kappa shape index (κ1) is 10.2. The zero-order chi connectivity index (χ0) is 10.0. The van der Waals surface area contributed by atoms with Crippen molar-refractivity contribution in [3.05, 3.63) is 22.2 Å². The van der Waals surface area contributed by atoms with Gasteiger partial charge in [0.05, 0.1) is 15.7 Å². The quantitative estimate of drug-likeness (QED) is 0.449. The van der Waals surface area contributed by atoms with Crippen molar-refractivity contribution < 1.29 is 9.53 Å². The summed E-state index contributed by atoms with van der Waals surface area (Å²) in [7, 11) is 0. The van der Waals surface area contributed by atoms with Crippen LogP contribution in [0.5, 0.6) is 5.75 Å². The van der Waals surface area contributed by atoms with Crippen molar-refractivity contribution in [2.75, 3.05) is 5.73 Å². The molecule has 0 spiro atoms. The van der Waals surface area contributed by atoms with Gasteiger partial charge in [0.1, 0.15) is 0 Å². The summed E-state index contributed by atoms with van der Waals surface area (Å²) in [6.07, 6.45) is 0. The van der Waals surface area contributed by atoms with Crippen LogP contribution < -0.4 is 10.5 Å². The monoisotopic (exact) mass is 219 g/mol. The van der Waals surface area contributed by atoms with Crippen molar-refractivity contribution >= 4 is 34.9 Å². The molecule has 0 aliphatic rings. The zero-order valence-electron chi connectivity index (χ0n) is 6.80. The van der Waals surface area contributed by atoms with Crippen LogP contribution in [0.3, 0.4) is 0 Å². The highest BCUT2D eigenvalue weighted by molar-refractivity contribution is 6.37. The van der Waals surface area contributed by atoms with Crippen LogP contribution in [0.1, 0.15) is 6.92 Å².